The number of benzene rings is 2. The Labute approximate surface area is 142 Å². The molecule has 0 aromatic heterocycles. The van der Waals surface area contributed by atoms with Crippen LogP contribution in [-0.4, -0.2) is 32.3 Å². The molecule has 0 atom stereocenters. The van der Waals surface area contributed by atoms with E-state index in [1.807, 2.05) is 30.3 Å². The zero-order valence-electron chi connectivity index (χ0n) is 13.8. The van der Waals surface area contributed by atoms with Gasteiger partial charge in [-0.2, -0.15) is 4.31 Å². The van der Waals surface area contributed by atoms with Crippen LogP contribution in [0.5, 0.6) is 0 Å². The highest BCUT2D eigenvalue weighted by atomic mass is 32.2. The summed E-state index contributed by atoms with van der Waals surface area (Å²) in [6.07, 6.45) is 0.133. The maximum Gasteiger partial charge on any atom is 0.310 e. The lowest BCUT2D eigenvalue weighted by Crippen LogP contribution is -2.26. The normalized spacial score (nSPS) is 11.5. The van der Waals surface area contributed by atoms with Gasteiger partial charge in [-0.25, -0.2) is 8.42 Å². The predicted molar refractivity (Wildman–Crippen MR) is 91.9 cm³/mol. The Morgan fingerprint density at radius 3 is 2.21 bits per heavy atom. The lowest BCUT2D eigenvalue weighted by Gasteiger charge is -2.17. The minimum Gasteiger partial charge on any atom is -0.466 e. The molecule has 0 N–H and O–H groups in total. The molecule has 0 aliphatic heterocycles. The molecule has 0 unspecified atom stereocenters. The molecule has 128 valence electrons. The molecule has 0 aliphatic carbocycles. The van der Waals surface area contributed by atoms with Crippen LogP contribution in [0.1, 0.15) is 18.1 Å². The van der Waals surface area contributed by atoms with Crippen molar-refractivity contribution in [1.82, 2.24) is 4.31 Å². The molecular formula is C18H21NO4S. The molecular weight excluding hydrogens is 326 g/mol. The first kappa shape index (κ1) is 18.2. The zero-order chi connectivity index (χ0) is 17.6. The fraction of sp³-hybridized carbons (Fsp3) is 0.278. The van der Waals surface area contributed by atoms with Crippen LogP contribution < -0.4 is 0 Å². The number of hydrogen-bond acceptors (Lipinski definition) is 4. The van der Waals surface area contributed by atoms with Gasteiger partial charge in [0, 0.05) is 13.6 Å². The van der Waals surface area contributed by atoms with E-state index in [1.54, 1.807) is 26.1 Å². The van der Waals surface area contributed by atoms with Gasteiger partial charge < -0.3 is 4.74 Å². The number of hydrogen-bond donors (Lipinski definition) is 0. The minimum atomic E-state index is -3.58. The Balaban J connectivity index is 2.10. The maximum atomic E-state index is 12.6. The SMILES string of the molecule is CCOC(=O)Cc1ccc(S(=O)(=O)N(C)Cc2ccccc2)cc1. The summed E-state index contributed by atoms with van der Waals surface area (Å²) < 4.78 is 31.4. The van der Waals surface area contributed by atoms with Crippen LogP contribution in [0, 0.1) is 0 Å². The highest BCUT2D eigenvalue weighted by molar-refractivity contribution is 7.89. The van der Waals surface area contributed by atoms with Crippen LogP contribution in [0.3, 0.4) is 0 Å². The van der Waals surface area contributed by atoms with Gasteiger partial charge in [-0.1, -0.05) is 42.5 Å². The number of carbonyl (C=O) groups is 1. The second kappa shape index (κ2) is 8.08. The smallest absolute Gasteiger partial charge is 0.310 e. The highest BCUT2D eigenvalue weighted by Crippen LogP contribution is 2.17. The molecule has 0 fully saturated rings. The van der Waals surface area contributed by atoms with Crippen LogP contribution in [0.25, 0.3) is 0 Å². The third-order valence-electron chi connectivity index (χ3n) is 3.53. The van der Waals surface area contributed by atoms with Crippen molar-refractivity contribution in [2.24, 2.45) is 0 Å². The van der Waals surface area contributed by atoms with Crippen molar-refractivity contribution in [2.75, 3.05) is 13.7 Å². The largest absolute Gasteiger partial charge is 0.466 e. The molecule has 0 spiro atoms. The van der Waals surface area contributed by atoms with Crippen molar-refractivity contribution in [3.63, 3.8) is 0 Å². The lowest BCUT2D eigenvalue weighted by molar-refractivity contribution is -0.142. The van der Waals surface area contributed by atoms with Crippen LogP contribution in [0.2, 0.25) is 0 Å². The Morgan fingerprint density at radius 2 is 1.62 bits per heavy atom. The number of sulfonamides is 1. The predicted octanol–water partition coefficient (Wildman–Crippen LogP) is 2.61. The summed E-state index contributed by atoms with van der Waals surface area (Å²) in [5.74, 6) is -0.325. The molecule has 0 amide bonds. The summed E-state index contributed by atoms with van der Waals surface area (Å²) in [5, 5.41) is 0. The van der Waals surface area contributed by atoms with Crippen molar-refractivity contribution < 1.29 is 17.9 Å². The van der Waals surface area contributed by atoms with Gasteiger partial charge in [-0.3, -0.25) is 4.79 Å². The Morgan fingerprint density at radius 1 is 1.00 bits per heavy atom. The first-order valence-electron chi connectivity index (χ1n) is 7.68. The van der Waals surface area contributed by atoms with Crippen LogP contribution in [0.15, 0.2) is 59.5 Å². The zero-order valence-corrected chi connectivity index (χ0v) is 14.6. The molecule has 0 heterocycles. The lowest BCUT2D eigenvalue weighted by atomic mass is 10.1. The van der Waals surface area contributed by atoms with Gasteiger partial charge >= 0.3 is 5.97 Å². The number of ether oxygens (including phenoxy) is 1. The second-order valence-electron chi connectivity index (χ2n) is 5.37. The van der Waals surface area contributed by atoms with E-state index in [0.717, 1.165) is 11.1 Å². The molecule has 0 saturated carbocycles. The van der Waals surface area contributed by atoms with E-state index in [4.69, 9.17) is 4.74 Å². The first-order valence-corrected chi connectivity index (χ1v) is 9.12. The van der Waals surface area contributed by atoms with Crippen LogP contribution >= 0.6 is 0 Å². The van der Waals surface area contributed by atoms with Gasteiger partial charge in [-0.15, -0.1) is 0 Å². The van der Waals surface area contributed by atoms with Gasteiger partial charge in [0.15, 0.2) is 0 Å². The average Bonchev–Trinajstić information content (AvgIpc) is 2.56. The Hall–Kier alpha value is -2.18. The summed E-state index contributed by atoms with van der Waals surface area (Å²) in [4.78, 5) is 11.7. The van der Waals surface area contributed by atoms with E-state index in [2.05, 4.69) is 0 Å². The van der Waals surface area contributed by atoms with E-state index in [-0.39, 0.29) is 17.3 Å². The van der Waals surface area contributed by atoms with Gasteiger partial charge in [0.05, 0.1) is 17.9 Å². The topological polar surface area (TPSA) is 63.7 Å². The molecule has 0 aliphatic rings. The summed E-state index contributed by atoms with van der Waals surface area (Å²) >= 11 is 0. The fourth-order valence-electron chi connectivity index (χ4n) is 2.26. The van der Waals surface area contributed by atoms with Gasteiger partial charge in [0.25, 0.3) is 0 Å². The van der Waals surface area contributed by atoms with Crippen LogP contribution in [0.4, 0.5) is 0 Å². The number of nitrogens with zero attached hydrogens (tertiary/aromatic N) is 1. The molecule has 0 radical (unpaired) electrons. The second-order valence-corrected chi connectivity index (χ2v) is 7.42. The van der Waals surface area contributed by atoms with Crippen molar-refractivity contribution >= 4 is 16.0 Å². The quantitative estimate of drug-likeness (QED) is 0.722. The molecule has 24 heavy (non-hydrogen) atoms. The van der Waals surface area contributed by atoms with Crippen molar-refractivity contribution in [3.05, 3.63) is 65.7 Å². The van der Waals surface area contributed by atoms with E-state index in [9.17, 15) is 13.2 Å². The first-order chi connectivity index (χ1) is 11.4. The number of esters is 1. The summed E-state index contributed by atoms with van der Waals surface area (Å²) in [6.45, 7) is 2.37. The Bertz CT molecular complexity index is 770. The fourth-order valence-corrected chi connectivity index (χ4v) is 3.42. The van der Waals surface area contributed by atoms with Crippen molar-refractivity contribution in [3.8, 4) is 0 Å². The minimum absolute atomic E-state index is 0.133. The van der Waals surface area contributed by atoms with Crippen molar-refractivity contribution in [1.29, 1.82) is 0 Å². The third-order valence-corrected chi connectivity index (χ3v) is 5.35. The Kier molecular flexibility index (Phi) is 6.11. The maximum absolute atomic E-state index is 12.6. The average molecular weight is 347 g/mol. The van der Waals surface area contributed by atoms with E-state index >= 15 is 0 Å². The summed E-state index contributed by atoms with van der Waals surface area (Å²) in [5.41, 5.74) is 1.64. The van der Waals surface area contributed by atoms with Crippen LogP contribution in [-0.2, 0) is 32.5 Å². The molecule has 6 heteroatoms. The van der Waals surface area contributed by atoms with Gasteiger partial charge in [0.2, 0.25) is 10.0 Å². The molecule has 2 aromatic rings. The highest BCUT2D eigenvalue weighted by Gasteiger charge is 2.20. The van der Waals surface area contributed by atoms with E-state index < -0.39 is 10.0 Å². The monoisotopic (exact) mass is 347 g/mol. The standard InChI is InChI=1S/C18H21NO4S/c1-3-23-18(20)13-15-9-11-17(12-10-15)24(21,22)19(2)14-16-7-5-4-6-8-16/h4-12H,3,13-14H2,1-2H3. The molecule has 5 nitrogen and oxygen atoms in total. The van der Waals surface area contributed by atoms with E-state index in [0.29, 0.717) is 13.2 Å². The van der Waals surface area contributed by atoms with Crippen molar-refractivity contribution in [2.45, 2.75) is 24.8 Å². The molecule has 2 aromatic carbocycles. The third kappa shape index (κ3) is 4.66. The number of rotatable bonds is 7. The van der Waals surface area contributed by atoms with Gasteiger partial charge in [0.1, 0.15) is 0 Å². The molecule has 2 rings (SSSR count). The summed E-state index contributed by atoms with van der Waals surface area (Å²) in [6, 6.07) is 15.7. The molecule has 0 saturated heterocycles. The number of carbonyl (C=O) groups excluding carboxylic acids is 1. The van der Waals surface area contributed by atoms with Gasteiger partial charge in [-0.05, 0) is 30.2 Å². The molecule has 0 bridgehead atoms. The van der Waals surface area contributed by atoms with E-state index in [1.165, 1.54) is 16.4 Å². The summed E-state index contributed by atoms with van der Waals surface area (Å²) in [7, 11) is -2.03.